The summed E-state index contributed by atoms with van der Waals surface area (Å²) in [5.41, 5.74) is -0.619. The summed E-state index contributed by atoms with van der Waals surface area (Å²) in [6.07, 6.45) is 3.36. The van der Waals surface area contributed by atoms with Crippen LogP contribution in [0.2, 0.25) is 0 Å². The fraction of sp³-hybridized carbons (Fsp3) is 0.875. The number of aliphatic imine (C=N–C) groups is 1. The zero-order valence-corrected chi connectivity index (χ0v) is 17.0. The third kappa shape index (κ3) is 7.46. The number of carbonyl (C=O) groups is 1. The molecule has 2 rings (SSSR count). The van der Waals surface area contributed by atoms with Gasteiger partial charge in [-0.05, 0) is 26.7 Å². The lowest BCUT2D eigenvalue weighted by molar-refractivity contribution is -0.122. The standard InChI is InChI=1S/C16H32N6O3S/c1-16(2,20-26(4,24)25)12-18-15(17-3)22-9-7-21(8-10-22)11-14(23)19-13-5-6-13/h13,20H,5-12H2,1-4H3,(H,17,18)(H,19,23). The first-order valence-electron chi connectivity index (χ1n) is 9.04. The minimum absolute atomic E-state index is 0.108. The van der Waals surface area contributed by atoms with E-state index in [-0.39, 0.29) is 5.91 Å². The number of carbonyl (C=O) groups excluding carboxylic acids is 1. The van der Waals surface area contributed by atoms with Crippen molar-refractivity contribution in [1.82, 2.24) is 25.2 Å². The van der Waals surface area contributed by atoms with Gasteiger partial charge in [-0.2, -0.15) is 0 Å². The summed E-state index contributed by atoms with van der Waals surface area (Å²) in [6.45, 7) is 7.66. The summed E-state index contributed by atoms with van der Waals surface area (Å²) in [5.74, 6) is 0.854. The summed E-state index contributed by atoms with van der Waals surface area (Å²) >= 11 is 0. The second-order valence-electron chi connectivity index (χ2n) is 7.76. The van der Waals surface area contributed by atoms with Crippen LogP contribution in [0.25, 0.3) is 0 Å². The van der Waals surface area contributed by atoms with E-state index < -0.39 is 15.6 Å². The van der Waals surface area contributed by atoms with E-state index in [1.165, 1.54) is 0 Å². The molecule has 0 aromatic heterocycles. The van der Waals surface area contributed by atoms with Gasteiger partial charge in [0.25, 0.3) is 0 Å². The van der Waals surface area contributed by atoms with Gasteiger partial charge in [0.15, 0.2) is 5.96 Å². The minimum Gasteiger partial charge on any atom is -0.354 e. The first kappa shape index (κ1) is 20.9. The van der Waals surface area contributed by atoms with Crippen LogP contribution in [0.15, 0.2) is 4.99 Å². The Labute approximate surface area is 156 Å². The number of guanidine groups is 1. The molecule has 1 aliphatic carbocycles. The van der Waals surface area contributed by atoms with Gasteiger partial charge in [0.1, 0.15) is 0 Å². The number of piperazine rings is 1. The van der Waals surface area contributed by atoms with Crippen molar-refractivity contribution >= 4 is 21.9 Å². The fourth-order valence-electron chi connectivity index (χ4n) is 2.99. The summed E-state index contributed by atoms with van der Waals surface area (Å²) in [4.78, 5) is 20.5. The van der Waals surface area contributed by atoms with E-state index in [2.05, 4.69) is 30.1 Å². The maximum absolute atomic E-state index is 11.9. The van der Waals surface area contributed by atoms with Gasteiger partial charge in [-0.3, -0.25) is 14.7 Å². The number of sulfonamides is 1. The quantitative estimate of drug-likeness (QED) is 0.373. The molecule has 1 saturated carbocycles. The van der Waals surface area contributed by atoms with Gasteiger partial charge < -0.3 is 15.5 Å². The molecule has 0 radical (unpaired) electrons. The number of nitrogens with one attached hydrogen (secondary N) is 3. The average molecular weight is 389 g/mol. The molecule has 3 N–H and O–H groups in total. The van der Waals surface area contributed by atoms with Crippen LogP contribution in [0.4, 0.5) is 0 Å². The van der Waals surface area contributed by atoms with Crippen molar-refractivity contribution in [2.24, 2.45) is 4.99 Å². The highest BCUT2D eigenvalue weighted by Crippen LogP contribution is 2.18. The zero-order valence-electron chi connectivity index (χ0n) is 16.2. The molecule has 2 fully saturated rings. The molecule has 0 bridgehead atoms. The average Bonchev–Trinajstić information content (AvgIpc) is 3.30. The number of amides is 1. The van der Waals surface area contributed by atoms with Gasteiger partial charge in [-0.25, -0.2) is 13.1 Å². The van der Waals surface area contributed by atoms with Crippen molar-refractivity contribution in [2.45, 2.75) is 38.3 Å². The van der Waals surface area contributed by atoms with E-state index in [1.807, 2.05) is 13.8 Å². The van der Waals surface area contributed by atoms with Crippen LogP contribution >= 0.6 is 0 Å². The molecule has 0 aromatic rings. The lowest BCUT2D eigenvalue weighted by Gasteiger charge is -2.37. The van der Waals surface area contributed by atoms with Crippen molar-refractivity contribution in [3.63, 3.8) is 0 Å². The maximum Gasteiger partial charge on any atom is 0.234 e. The molecule has 1 amide bonds. The van der Waals surface area contributed by atoms with Crippen LogP contribution in [0, 0.1) is 0 Å². The molecule has 10 heteroatoms. The molecule has 0 unspecified atom stereocenters. The number of nitrogens with zero attached hydrogens (tertiary/aromatic N) is 3. The lowest BCUT2D eigenvalue weighted by atomic mass is 10.1. The van der Waals surface area contributed by atoms with E-state index >= 15 is 0 Å². The molecule has 0 spiro atoms. The predicted octanol–water partition coefficient (Wildman–Crippen LogP) is -1.21. The molecule has 0 atom stereocenters. The number of rotatable bonds is 7. The van der Waals surface area contributed by atoms with Crippen LogP contribution in [0.1, 0.15) is 26.7 Å². The molecule has 1 aliphatic heterocycles. The van der Waals surface area contributed by atoms with Crippen LogP contribution in [-0.2, 0) is 14.8 Å². The van der Waals surface area contributed by atoms with E-state index in [9.17, 15) is 13.2 Å². The molecule has 150 valence electrons. The topological polar surface area (TPSA) is 106 Å². The lowest BCUT2D eigenvalue weighted by Crippen LogP contribution is -2.57. The second kappa shape index (κ2) is 8.53. The highest BCUT2D eigenvalue weighted by Gasteiger charge is 2.27. The second-order valence-corrected chi connectivity index (χ2v) is 9.51. The molecular formula is C16H32N6O3S. The first-order chi connectivity index (χ1) is 12.1. The van der Waals surface area contributed by atoms with Gasteiger partial charge in [-0.1, -0.05) is 0 Å². The number of hydrogen-bond acceptors (Lipinski definition) is 5. The Morgan fingerprint density at radius 1 is 1.19 bits per heavy atom. The Morgan fingerprint density at radius 2 is 1.81 bits per heavy atom. The Kier molecular flexibility index (Phi) is 6.86. The first-order valence-corrected chi connectivity index (χ1v) is 10.9. The highest BCUT2D eigenvalue weighted by atomic mass is 32.2. The molecule has 0 aromatic carbocycles. The van der Waals surface area contributed by atoms with Gasteiger partial charge in [0, 0.05) is 51.4 Å². The minimum atomic E-state index is -3.27. The Morgan fingerprint density at radius 3 is 2.31 bits per heavy atom. The monoisotopic (exact) mass is 388 g/mol. The summed E-state index contributed by atoms with van der Waals surface area (Å²) in [7, 11) is -1.56. The van der Waals surface area contributed by atoms with Crippen molar-refractivity contribution in [1.29, 1.82) is 0 Å². The third-order valence-electron chi connectivity index (χ3n) is 4.34. The normalized spacial score (nSPS) is 20.2. The fourth-order valence-corrected chi connectivity index (χ4v) is 4.07. The van der Waals surface area contributed by atoms with E-state index in [4.69, 9.17) is 0 Å². The van der Waals surface area contributed by atoms with Crippen LogP contribution < -0.4 is 15.4 Å². The molecule has 1 saturated heterocycles. The molecular weight excluding hydrogens is 356 g/mol. The Hall–Kier alpha value is -1.39. The zero-order chi connectivity index (χ0) is 19.4. The van der Waals surface area contributed by atoms with Crippen molar-refractivity contribution < 1.29 is 13.2 Å². The van der Waals surface area contributed by atoms with Crippen molar-refractivity contribution in [2.75, 3.05) is 52.6 Å². The van der Waals surface area contributed by atoms with Crippen LogP contribution in [-0.4, -0.2) is 94.2 Å². The van der Waals surface area contributed by atoms with Gasteiger partial charge in [0.05, 0.1) is 12.8 Å². The molecule has 9 nitrogen and oxygen atoms in total. The highest BCUT2D eigenvalue weighted by molar-refractivity contribution is 7.88. The smallest absolute Gasteiger partial charge is 0.234 e. The Bertz CT molecular complexity index is 622. The van der Waals surface area contributed by atoms with E-state index in [0.29, 0.717) is 19.1 Å². The summed E-state index contributed by atoms with van der Waals surface area (Å²) in [5, 5.41) is 6.26. The van der Waals surface area contributed by atoms with Gasteiger partial charge in [-0.15, -0.1) is 0 Å². The third-order valence-corrected chi connectivity index (χ3v) is 5.27. The Balaban J connectivity index is 1.76. The summed E-state index contributed by atoms with van der Waals surface area (Å²) < 4.78 is 25.5. The maximum atomic E-state index is 11.9. The van der Waals surface area contributed by atoms with Crippen LogP contribution in [0.3, 0.4) is 0 Å². The van der Waals surface area contributed by atoms with Crippen molar-refractivity contribution in [3.05, 3.63) is 0 Å². The SMILES string of the molecule is CN=C(NCC(C)(C)NS(C)(=O)=O)N1CCN(CC(=O)NC2CC2)CC1. The largest absolute Gasteiger partial charge is 0.354 e. The van der Waals surface area contributed by atoms with Crippen molar-refractivity contribution in [3.8, 4) is 0 Å². The number of hydrogen-bond donors (Lipinski definition) is 3. The molecule has 2 aliphatic rings. The van der Waals surface area contributed by atoms with Crippen LogP contribution in [0.5, 0.6) is 0 Å². The van der Waals surface area contributed by atoms with E-state index in [1.54, 1.807) is 7.05 Å². The predicted molar refractivity (Wildman–Crippen MR) is 103 cm³/mol. The van der Waals surface area contributed by atoms with Gasteiger partial charge >= 0.3 is 0 Å². The summed E-state index contributed by atoms with van der Waals surface area (Å²) in [6, 6.07) is 0.399. The molecule has 1 heterocycles. The van der Waals surface area contributed by atoms with Gasteiger partial charge in [0.2, 0.25) is 15.9 Å². The molecule has 26 heavy (non-hydrogen) atoms. The van der Waals surface area contributed by atoms with E-state index in [0.717, 1.165) is 51.2 Å².